The zero-order valence-electron chi connectivity index (χ0n) is 15.5. The highest BCUT2D eigenvalue weighted by Gasteiger charge is 2.04. The molecule has 27 heavy (non-hydrogen) atoms. The van der Waals surface area contributed by atoms with Gasteiger partial charge in [-0.25, -0.2) is 14.8 Å². The maximum absolute atomic E-state index is 11.9. The molecular weight excluding hydrogens is 342 g/mol. The smallest absolute Gasteiger partial charge is 0.319 e. The number of aromatic nitrogens is 3. The first-order valence-corrected chi connectivity index (χ1v) is 8.83. The molecular formula is C20H23N5O2. The molecule has 0 saturated carbocycles. The molecule has 2 N–H and O–H groups in total. The van der Waals surface area contributed by atoms with Gasteiger partial charge in [0, 0.05) is 31.5 Å². The van der Waals surface area contributed by atoms with Crippen LogP contribution in [-0.2, 0) is 6.54 Å². The average molecular weight is 365 g/mol. The number of rotatable bonds is 7. The second kappa shape index (κ2) is 8.84. The number of pyridine rings is 1. The van der Waals surface area contributed by atoms with E-state index < -0.39 is 0 Å². The molecule has 0 atom stereocenters. The Morgan fingerprint density at radius 2 is 1.93 bits per heavy atom. The van der Waals surface area contributed by atoms with Crippen LogP contribution in [0.15, 0.2) is 55.0 Å². The number of amides is 2. The van der Waals surface area contributed by atoms with E-state index >= 15 is 0 Å². The summed E-state index contributed by atoms with van der Waals surface area (Å²) in [7, 11) is 0. The molecule has 0 saturated heterocycles. The van der Waals surface area contributed by atoms with Crippen LogP contribution in [0.1, 0.15) is 17.8 Å². The fourth-order valence-corrected chi connectivity index (χ4v) is 2.51. The minimum atomic E-state index is -0.258. The van der Waals surface area contributed by atoms with E-state index in [0.29, 0.717) is 18.1 Å². The van der Waals surface area contributed by atoms with Crippen LogP contribution in [-0.4, -0.2) is 27.1 Å². The molecule has 1 aromatic carbocycles. The summed E-state index contributed by atoms with van der Waals surface area (Å²) in [5.74, 6) is 2.17. The van der Waals surface area contributed by atoms with Crippen LogP contribution in [0.25, 0.3) is 0 Å². The Hall–Kier alpha value is -3.35. The minimum absolute atomic E-state index is 0.258. The topological polar surface area (TPSA) is 81.1 Å². The number of nitrogens with zero attached hydrogens (tertiary/aromatic N) is 3. The Bertz CT molecular complexity index is 872. The number of anilines is 1. The van der Waals surface area contributed by atoms with Crippen molar-refractivity contribution in [3.63, 3.8) is 0 Å². The summed E-state index contributed by atoms with van der Waals surface area (Å²) < 4.78 is 7.72. The fourth-order valence-electron chi connectivity index (χ4n) is 2.51. The standard InChI is InChI=1S/C20H23N5O2/c1-15-4-7-18(8-5-15)27-19-9-6-17(14-23-19)24-20(26)22-10-3-12-25-13-11-21-16(25)2/h4-9,11,13-14H,3,10,12H2,1-2H3,(H2,22,24,26). The summed E-state index contributed by atoms with van der Waals surface area (Å²) >= 11 is 0. The summed E-state index contributed by atoms with van der Waals surface area (Å²) in [6, 6.07) is 10.9. The van der Waals surface area contributed by atoms with E-state index in [2.05, 4.69) is 25.2 Å². The van der Waals surface area contributed by atoms with E-state index in [-0.39, 0.29) is 6.03 Å². The first kappa shape index (κ1) is 18.4. The van der Waals surface area contributed by atoms with Crippen molar-refractivity contribution in [1.82, 2.24) is 19.9 Å². The monoisotopic (exact) mass is 365 g/mol. The molecule has 2 amide bonds. The Morgan fingerprint density at radius 3 is 2.59 bits per heavy atom. The molecule has 0 aliphatic rings. The maximum atomic E-state index is 11.9. The largest absolute Gasteiger partial charge is 0.439 e. The Labute approximate surface area is 158 Å². The number of nitrogens with one attached hydrogen (secondary N) is 2. The summed E-state index contributed by atoms with van der Waals surface area (Å²) in [6.45, 7) is 5.37. The first-order chi connectivity index (χ1) is 13.1. The number of carbonyl (C=O) groups is 1. The predicted molar refractivity (Wildman–Crippen MR) is 104 cm³/mol. The number of benzene rings is 1. The van der Waals surface area contributed by atoms with Gasteiger partial charge in [-0.2, -0.15) is 0 Å². The minimum Gasteiger partial charge on any atom is -0.439 e. The highest BCUT2D eigenvalue weighted by atomic mass is 16.5. The highest BCUT2D eigenvalue weighted by molar-refractivity contribution is 5.88. The third-order valence-corrected chi connectivity index (χ3v) is 4.02. The molecule has 0 aliphatic heterocycles. The molecule has 140 valence electrons. The number of ether oxygens (including phenoxy) is 1. The van der Waals surface area contributed by atoms with Crippen molar-refractivity contribution in [1.29, 1.82) is 0 Å². The molecule has 0 unspecified atom stereocenters. The van der Waals surface area contributed by atoms with Crippen molar-refractivity contribution in [2.24, 2.45) is 0 Å². The summed E-state index contributed by atoms with van der Waals surface area (Å²) in [4.78, 5) is 20.3. The summed E-state index contributed by atoms with van der Waals surface area (Å²) in [5, 5.41) is 5.59. The Kier molecular flexibility index (Phi) is 6.04. The lowest BCUT2D eigenvalue weighted by Gasteiger charge is -2.09. The SMILES string of the molecule is Cc1ccc(Oc2ccc(NC(=O)NCCCn3ccnc3C)cn2)cc1. The van der Waals surface area contributed by atoms with Crippen LogP contribution in [0.5, 0.6) is 11.6 Å². The maximum Gasteiger partial charge on any atom is 0.319 e. The van der Waals surface area contributed by atoms with Gasteiger partial charge in [-0.3, -0.25) is 0 Å². The van der Waals surface area contributed by atoms with Gasteiger partial charge >= 0.3 is 6.03 Å². The summed E-state index contributed by atoms with van der Waals surface area (Å²) in [6.07, 6.45) is 6.10. The van der Waals surface area contributed by atoms with Crippen LogP contribution in [0.4, 0.5) is 10.5 Å². The molecule has 0 aliphatic carbocycles. The number of imidazole rings is 1. The third-order valence-electron chi connectivity index (χ3n) is 4.02. The zero-order valence-corrected chi connectivity index (χ0v) is 15.5. The average Bonchev–Trinajstić information content (AvgIpc) is 3.07. The number of aryl methyl sites for hydroxylation is 3. The first-order valence-electron chi connectivity index (χ1n) is 8.83. The van der Waals surface area contributed by atoms with Gasteiger partial charge in [0.1, 0.15) is 11.6 Å². The molecule has 2 heterocycles. The number of carbonyl (C=O) groups excluding carboxylic acids is 1. The molecule has 3 aromatic rings. The number of urea groups is 1. The van der Waals surface area contributed by atoms with Crippen molar-refractivity contribution in [3.8, 4) is 11.6 Å². The lowest BCUT2D eigenvalue weighted by molar-refractivity contribution is 0.252. The van der Waals surface area contributed by atoms with E-state index in [1.165, 1.54) is 5.56 Å². The van der Waals surface area contributed by atoms with E-state index in [1.807, 2.05) is 44.3 Å². The lowest BCUT2D eigenvalue weighted by Crippen LogP contribution is -2.30. The quantitative estimate of drug-likeness (QED) is 0.622. The van der Waals surface area contributed by atoms with Gasteiger partial charge in [-0.15, -0.1) is 0 Å². The molecule has 2 aromatic heterocycles. The molecule has 0 spiro atoms. The lowest BCUT2D eigenvalue weighted by atomic mass is 10.2. The molecule has 0 fully saturated rings. The number of hydrogen-bond acceptors (Lipinski definition) is 4. The summed E-state index contributed by atoms with van der Waals surface area (Å²) in [5.41, 5.74) is 1.77. The predicted octanol–water partition coefficient (Wildman–Crippen LogP) is 3.90. The Balaban J connectivity index is 1.41. The van der Waals surface area contributed by atoms with Crippen LogP contribution < -0.4 is 15.4 Å². The van der Waals surface area contributed by atoms with Gasteiger partial charge in [-0.1, -0.05) is 17.7 Å². The molecule has 0 radical (unpaired) electrons. The number of hydrogen-bond donors (Lipinski definition) is 2. The third kappa shape index (κ3) is 5.57. The van der Waals surface area contributed by atoms with Gasteiger partial charge in [-0.05, 0) is 38.5 Å². The zero-order chi connectivity index (χ0) is 19.1. The second-order valence-electron chi connectivity index (χ2n) is 6.20. The molecule has 7 nitrogen and oxygen atoms in total. The fraction of sp³-hybridized carbons (Fsp3) is 0.250. The van der Waals surface area contributed by atoms with Crippen molar-refractivity contribution < 1.29 is 9.53 Å². The van der Waals surface area contributed by atoms with E-state index in [1.54, 1.807) is 24.5 Å². The van der Waals surface area contributed by atoms with E-state index in [4.69, 9.17) is 4.74 Å². The van der Waals surface area contributed by atoms with Gasteiger partial charge < -0.3 is 19.9 Å². The Morgan fingerprint density at radius 1 is 1.11 bits per heavy atom. The van der Waals surface area contributed by atoms with E-state index in [9.17, 15) is 4.79 Å². The van der Waals surface area contributed by atoms with Crippen molar-refractivity contribution >= 4 is 11.7 Å². The van der Waals surface area contributed by atoms with E-state index in [0.717, 1.165) is 24.5 Å². The molecule has 0 bridgehead atoms. The van der Waals surface area contributed by atoms with Gasteiger partial charge in [0.05, 0.1) is 11.9 Å². The highest BCUT2D eigenvalue weighted by Crippen LogP contribution is 2.20. The van der Waals surface area contributed by atoms with Crippen LogP contribution in [0.3, 0.4) is 0 Å². The van der Waals surface area contributed by atoms with Crippen molar-refractivity contribution in [2.75, 3.05) is 11.9 Å². The van der Waals surface area contributed by atoms with Gasteiger partial charge in [0.15, 0.2) is 0 Å². The second-order valence-corrected chi connectivity index (χ2v) is 6.20. The molecule has 7 heteroatoms. The van der Waals surface area contributed by atoms with Crippen LogP contribution in [0.2, 0.25) is 0 Å². The molecule has 3 rings (SSSR count). The van der Waals surface area contributed by atoms with Crippen LogP contribution >= 0.6 is 0 Å². The van der Waals surface area contributed by atoms with Crippen molar-refractivity contribution in [2.45, 2.75) is 26.8 Å². The normalized spacial score (nSPS) is 10.4. The van der Waals surface area contributed by atoms with Crippen molar-refractivity contribution in [3.05, 3.63) is 66.4 Å². The van der Waals surface area contributed by atoms with Gasteiger partial charge in [0.25, 0.3) is 0 Å². The van der Waals surface area contributed by atoms with Gasteiger partial charge in [0.2, 0.25) is 5.88 Å². The van der Waals surface area contributed by atoms with Crippen LogP contribution in [0, 0.1) is 13.8 Å².